The summed E-state index contributed by atoms with van der Waals surface area (Å²) in [5.41, 5.74) is 1.96. The van der Waals surface area contributed by atoms with Gasteiger partial charge in [0.25, 0.3) is 0 Å². The van der Waals surface area contributed by atoms with E-state index in [-0.39, 0.29) is 23.9 Å². The van der Waals surface area contributed by atoms with E-state index in [9.17, 15) is 14.7 Å². The standard InChI is InChI=1S/C24H28O6/c1-4-24(27)30-21-14-11-18(16-23(21)29-3)9-12-19(25)8-6-5-7-17-10-13-20(26)22(15-17)28-2/h6,8,10-11,13-16,26H,4-5,7,9,12H2,1-3H3/b8-6+. The lowest BCUT2D eigenvalue weighted by Crippen LogP contribution is -2.07. The Balaban J connectivity index is 1.83. The molecule has 0 unspecified atom stereocenters. The van der Waals surface area contributed by atoms with Crippen molar-refractivity contribution in [2.45, 2.75) is 39.0 Å². The Bertz CT molecular complexity index is 901. The zero-order valence-corrected chi connectivity index (χ0v) is 17.6. The van der Waals surface area contributed by atoms with Crippen LogP contribution in [0, 0.1) is 0 Å². The van der Waals surface area contributed by atoms with Crippen LogP contribution in [0.15, 0.2) is 48.6 Å². The number of aromatic hydroxyl groups is 1. The summed E-state index contributed by atoms with van der Waals surface area (Å²) in [6.07, 6.45) is 6.14. The van der Waals surface area contributed by atoms with E-state index >= 15 is 0 Å². The van der Waals surface area contributed by atoms with Crippen molar-refractivity contribution in [1.82, 2.24) is 0 Å². The quantitative estimate of drug-likeness (QED) is 0.334. The molecule has 6 nitrogen and oxygen atoms in total. The molecule has 6 heteroatoms. The second kappa shape index (κ2) is 11.7. The minimum atomic E-state index is -0.327. The number of phenolic OH excluding ortho intramolecular Hbond substituents is 1. The summed E-state index contributed by atoms with van der Waals surface area (Å²) in [6, 6.07) is 10.5. The van der Waals surface area contributed by atoms with Crippen LogP contribution in [0.1, 0.15) is 37.3 Å². The zero-order chi connectivity index (χ0) is 21.9. The molecule has 0 aromatic heterocycles. The summed E-state index contributed by atoms with van der Waals surface area (Å²) >= 11 is 0. The Labute approximate surface area is 177 Å². The first-order valence-electron chi connectivity index (χ1n) is 9.89. The van der Waals surface area contributed by atoms with Gasteiger partial charge in [0.1, 0.15) is 0 Å². The first-order chi connectivity index (χ1) is 14.5. The van der Waals surface area contributed by atoms with Gasteiger partial charge in [-0.15, -0.1) is 0 Å². The number of phenols is 1. The third-order valence-corrected chi connectivity index (χ3v) is 4.55. The van der Waals surface area contributed by atoms with Gasteiger partial charge in [-0.3, -0.25) is 9.59 Å². The lowest BCUT2D eigenvalue weighted by molar-refractivity contribution is -0.134. The van der Waals surface area contributed by atoms with Crippen molar-refractivity contribution >= 4 is 11.8 Å². The molecule has 2 aromatic carbocycles. The third kappa shape index (κ3) is 6.95. The summed E-state index contributed by atoms with van der Waals surface area (Å²) in [6.45, 7) is 1.73. The number of hydrogen-bond donors (Lipinski definition) is 1. The summed E-state index contributed by atoms with van der Waals surface area (Å²) in [5.74, 6) is 1.12. The lowest BCUT2D eigenvalue weighted by atomic mass is 10.1. The third-order valence-electron chi connectivity index (χ3n) is 4.55. The molecule has 0 bridgehead atoms. The second-order valence-electron chi connectivity index (χ2n) is 6.73. The van der Waals surface area contributed by atoms with E-state index < -0.39 is 0 Å². The Hall–Kier alpha value is -3.28. The Morgan fingerprint density at radius 3 is 2.30 bits per heavy atom. The fourth-order valence-electron chi connectivity index (χ4n) is 2.84. The fraction of sp³-hybridized carbons (Fsp3) is 0.333. The molecule has 30 heavy (non-hydrogen) atoms. The van der Waals surface area contributed by atoms with Gasteiger partial charge in [0.15, 0.2) is 28.8 Å². The molecular formula is C24H28O6. The molecular weight excluding hydrogens is 384 g/mol. The van der Waals surface area contributed by atoms with Crippen LogP contribution in [0.3, 0.4) is 0 Å². The van der Waals surface area contributed by atoms with Gasteiger partial charge in [0.05, 0.1) is 14.2 Å². The first kappa shape index (κ1) is 23.0. The summed E-state index contributed by atoms with van der Waals surface area (Å²) < 4.78 is 15.6. The minimum absolute atomic E-state index is 0.0405. The maximum atomic E-state index is 12.1. The number of esters is 1. The molecule has 1 N–H and O–H groups in total. The maximum absolute atomic E-state index is 12.1. The van der Waals surface area contributed by atoms with E-state index in [1.807, 2.05) is 18.2 Å². The average Bonchev–Trinajstić information content (AvgIpc) is 2.76. The highest BCUT2D eigenvalue weighted by Gasteiger charge is 2.10. The van der Waals surface area contributed by atoms with E-state index in [2.05, 4.69) is 0 Å². The van der Waals surface area contributed by atoms with Crippen LogP contribution in [0.4, 0.5) is 0 Å². The molecule has 0 spiro atoms. The molecule has 0 aliphatic rings. The fourth-order valence-corrected chi connectivity index (χ4v) is 2.84. The predicted molar refractivity (Wildman–Crippen MR) is 114 cm³/mol. The number of aryl methyl sites for hydroxylation is 2. The zero-order valence-electron chi connectivity index (χ0n) is 17.6. The number of carbonyl (C=O) groups is 2. The number of rotatable bonds is 11. The van der Waals surface area contributed by atoms with Crippen LogP contribution in [0.2, 0.25) is 0 Å². The number of allylic oxidation sites excluding steroid dienone is 2. The minimum Gasteiger partial charge on any atom is -0.504 e. The Kier molecular flexibility index (Phi) is 8.94. The highest BCUT2D eigenvalue weighted by molar-refractivity contribution is 5.89. The molecule has 0 heterocycles. The van der Waals surface area contributed by atoms with Crippen molar-refractivity contribution in [3.8, 4) is 23.0 Å². The molecule has 0 fully saturated rings. The van der Waals surface area contributed by atoms with E-state index in [1.165, 1.54) is 14.2 Å². The SMILES string of the molecule is CCC(=O)Oc1ccc(CCC(=O)/C=C/CCc2ccc(O)c(OC)c2)cc1OC. The van der Waals surface area contributed by atoms with Gasteiger partial charge in [0, 0.05) is 12.8 Å². The van der Waals surface area contributed by atoms with Gasteiger partial charge >= 0.3 is 5.97 Å². The van der Waals surface area contributed by atoms with Crippen LogP contribution >= 0.6 is 0 Å². The lowest BCUT2D eigenvalue weighted by Gasteiger charge is -2.10. The number of ether oxygens (including phenoxy) is 3. The van der Waals surface area contributed by atoms with Gasteiger partial charge in [-0.1, -0.05) is 25.1 Å². The van der Waals surface area contributed by atoms with Crippen molar-refractivity contribution in [3.05, 3.63) is 59.7 Å². The van der Waals surface area contributed by atoms with E-state index in [4.69, 9.17) is 14.2 Å². The molecule has 0 aliphatic carbocycles. The first-order valence-corrected chi connectivity index (χ1v) is 9.89. The van der Waals surface area contributed by atoms with E-state index in [1.54, 1.807) is 37.3 Å². The summed E-state index contributed by atoms with van der Waals surface area (Å²) in [7, 11) is 3.03. The number of carbonyl (C=O) groups excluding carboxylic acids is 2. The highest BCUT2D eigenvalue weighted by atomic mass is 16.6. The van der Waals surface area contributed by atoms with Crippen LogP contribution in [-0.2, 0) is 22.4 Å². The number of methoxy groups -OCH3 is 2. The Morgan fingerprint density at radius 1 is 0.933 bits per heavy atom. The summed E-state index contributed by atoms with van der Waals surface area (Å²) in [4.78, 5) is 23.6. The second-order valence-corrected chi connectivity index (χ2v) is 6.73. The maximum Gasteiger partial charge on any atom is 0.311 e. The molecule has 0 saturated heterocycles. The van der Waals surface area contributed by atoms with E-state index in [0.29, 0.717) is 36.5 Å². The molecule has 0 aliphatic heterocycles. The molecule has 0 atom stereocenters. The average molecular weight is 412 g/mol. The monoisotopic (exact) mass is 412 g/mol. The van der Waals surface area contributed by atoms with Crippen molar-refractivity contribution in [3.63, 3.8) is 0 Å². The van der Waals surface area contributed by atoms with Gasteiger partial charge in [0.2, 0.25) is 0 Å². The number of benzene rings is 2. The predicted octanol–water partition coefficient (Wildman–Crippen LogP) is 4.42. The van der Waals surface area contributed by atoms with Crippen molar-refractivity contribution in [2.75, 3.05) is 14.2 Å². The normalized spacial score (nSPS) is 10.8. The van der Waals surface area contributed by atoms with Crippen LogP contribution in [0.5, 0.6) is 23.0 Å². The van der Waals surface area contributed by atoms with Crippen LogP contribution in [-0.4, -0.2) is 31.1 Å². The smallest absolute Gasteiger partial charge is 0.311 e. The molecule has 2 rings (SSSR count). The van der Waals surface area contributed by atoms with Crippen molar-refractivity contribution < 1.29 is 28.9 Å². The van der Waals surface area contributed by atoms with Crippen molar-refractivity contribution in [1.29, 1.82) is 0 Å². The topological polar surface area (TPSA) is 82.1 Å². The van der Waals surface area contributed by atoms with Gasteiger partial charge in [-0.25, -0.2) is 0 Å². The molecule has 0 radical (unpaired) electrons. The highest BCUT2D eigenvalue weighted by Crippen LogP contribution is 2.29. The molecule has 2 aromatic rings. The molecule has 160 valence electrons. The van der Waals surface area contributed by atoms with Crippen molar-refractivity contribution in [2.24, 2.45) is 0 Å². The van der Waals surface area contributed by atoms with Gasteiger partial charge < -0.3 is 19.3 Å². The number of ketones is 1. The molecule has 0 saturated carbocycles. The van der Waals surface area contributed by atoms with Gasteiger partial charge in [-0.05, 0) is 60.7 Å². The Morgan fingerprint density at radius 2 is 1.60 bits per heavy atom. The largest absolute Gasteiger partial charge is 0.504 e. The van der Waals surface area contributed by atoms with Gasteiger partial charge in [-0.2, -0.15) is 0 Å². The summed E-state index contributed by atoms with van der Waals surface area (Å²) in [5, 5.41) is 9.62. The van der Waals surface area contributed by atoms with Crippen LogP contribution in [0.25, 0.3) is 0 Å². The molecule has 0 amide bonds. The van der Waals surface area contributed by atoms with E-state index in [0.717, 1.165) is 17.5 Å². The number of hydrogen-bond acceptors (Lipinski definition) is 6. The van der Waals surface area contributed by atoms with Crippen LogP contribution < -0.4 is 14.2 Å².